The second kappa shape index (κ2) is 8.17. The van der Waals surface area contributed by atoms with Crippen LogP contribution in [0.1, 0.15) is 0 Å². The van der Waals surface area contributed by atoms with Gasteiger partial charge in [-0.3, -0.25) is 0 Å². The Morgan fingerprint density at radius 1 is 0.786 bits per heavy atom. The van der Waals surface area contributed by atoms with Crippen molar-refractivity contribution in [2.24, 2.45) is 0 Å². The lowest BCUT2D eigenvalue weighted by molar-refractivity contribution is -0.130. The van der Waals surface area contributed by atoms with Crippen molar-refractivity contribution >= 4 is 5.97 Å². The zero-order chi connectivity index (χ0) is 10.6. The van der Waals surface area contributed by atoms with Crippen molar-refractivity contribution in [2.75, 3.05) is 0 Å². The zero-order valence-corrected chi connectivity index (χ0v) is 6.80. The van der Waals surface area contributed by atoms with Crippen LogP contribution in [0.2, 0.25) is 0 Å². The summed E-state index contributed by atoms with van der Waals surface area (Å²) >= 11 is 0. The second-order valence-electron chi connectivity index (χ2n) is 1.54. The molecule has 0 aliphatic rings. The third-order valence-electron chi connectivity index (χ3n) is 0.663. The van der Waals surface area contributed by atoms with Crippen molar-refractivity contribution < 1.29 is 15.0 Å². The third kappa shape index (κ3) is 9.07. The minimum Gasteiger partial charge on any atom is -0.472 e. The average Bonchev–Trinajstić information content (AvgIpc) is 2.15. The zero-order valence-electron chi connectivity index (χ0n) is 6.80. The Morgan fingerprint density at radius 2 is 1.21 bits per heavy atom. The number of aliphatic hydroxyl groups is 1. The summed E-state index contributed by atoms with van der Waals surface area (Å²) < 4.78 is 0. The highest BCUT2D eigenvalue weighted by Crippen LogP contribution is 1.57. The lowest BCUT2D eigenvalue weighted by atomic mass is 10.5. The van der Waals surface area contributed by atoms with E-state index in [1.165, 1.54) is 0 Å². The maximum atomic E-state index is 9.87. The number of aliphatic carboxylic acids is 1. The SMILES string of the molecule is O=C(O)C#CC#CC#CC#CC#CO. The first-order valence-electron chi connectivity index (χ1n) is 3.15. The molecule has 0 heterocycles. The fraction of sp³-hybridized carbons (Fsp3) is 0. The summed E-state index contributed by atoms with van der Waals surface area (Å²) in [5.74, 6) is 18.2. The largest absolute Gasteiger partial charge is 0.472 e. The van der Waals surface area contributed by atoms with Gasteiger partial charge in [0.05, 0.1) is 0 Å². The molecule has 0 atom stereocenters. The standard InChI is InChI=1S/C11H2O3/c12-10-8-6-4-2-1-3-5-7-9-11(13)14/h12H,(H,13,14). The van der Waals surface area contributed by atoms with E-state index in [9.17, 15) is 4.79 Å². The van der Waals surface area contributed by atoms with Crippen LogP contribution in [0.3, 0.4) is 0 Å². The van der Waals surface area contributed by atoms with Crippen LogP contribution in [0.15, 0.2) is 0 Å². The lowest BCUT2D eigenvalue weighted by Gasteiger charge is -1.63. The van der Waals surface area contributed by atoms with Gasteiger partial charge < -0.3 is 10.2 Å². The highest BCUT2D eigenvalue weighted by molar-refractivity contribution is 5.87. The van der Waals surface area contributed by atoms with E-state index < -0.39 is 5.97 Å². The minimum atomic E-state index is -1.25. The maximum absolute atomic E-state index is 9.87. The Bertz CT molecular complexity index is 514. The Kier molecular flexibility index (Phi) is 6.46. The van der Waals surface area contributed by atoms with E-state index in [2.05, 4.69) is 47.4 Å². The summed E-state index contributed by atoms with van der Waals surface area (Å²) in [6.45, 7) is 0. The van der Waals surface area contributed by atoms with Gasteiger partial charge in [0.15, 0.2) is 0 Å². The highest BCUT2D eigenvalue weighted by atomic mass is 16.4. The number of hydrogen-bond donors (Lipinski definition) is 2. The molecule has 0 aromatic carbocycles. The lowest BCUT2D eigenvalue weighted by Crippen LogP contribution is -1.85. The molecule has 0 radical (unpaired) electrons. The summed E-state index contributed by atoms with van der Waals surface area (Å²) in [5, 5.41) is 16.1. The normalized spacial score (nSPS) is 4.57. The summed E-state index contributed by atoms with van der Waals surface area (Å²) in [4.78, 5) is 9.87. The van der Waals surface area contributed by atoms with Gasteiger partial charge in [-0.1, -0.05) is 0 Å². The molecule has 14 heavy (non-hydrogen) atoms. The van der Waals surface area contributed by atoms with Crippen molar-refractivity contribution in [3.8, 4) is 59.4 Å². The van der Waals surface area contributed by atoms with Gasteiger partial charge in [-0.15, -0.1) is 0 Å². The Hall–Kier alpha value is -2.93. The first-order chi connectivity index (χ1) is 6.77. The van der Waals surface area contributed by atoms with Gasteiger partial charge in [0, 0.05) is 29.6 Å². The van der Waals surface area contributed by atoms with Crippen LogP contribution in [-0.2, 0) is 4.79 Å². The molecule has 0 saturated carbocycles. The first-order valence-corrected chi connectivity index (χ1v) is 3.15. The molecule has 0 rings (SSSR count). The quantitative estimate of drug-likeness (QED) is 0.493. The smallest absolute Gasteiger partial charge is 0.382 e. The van der Waals surface area contributed by atoms with Crippen molar-refractivity contribution in [1.29, 1.82) is 0 Å². The molecule has 0 spiro atoms. The number of hydrogen-bond acceptors (Lipinski definition) is 2. The summed E-state index contributed by atoms with van der Waals surface area (Å²) in [6.07, 6.45) is 1.58. The van der Waals surface area contributed by atoms with Crippen LogP contribution in [0.25, 0.3) is 0 Å². The maximum Gasteiger partial charge on any atom is 0.382 e. The highest BCUT2D eigenvalue weighted by Gasteiger charge is 1.78. The van der Waals surface area contributed by atoms with Crippen LogP contribution in [0, 0.1) is 59.4 Å². The van der Waals surface area contributed by atoms with Gasteiger partial charge in [0.2, 0.25) is 0 Å². The fourth-order valence-electron chi connectivity index (χ4n) is 0.300. The van der Waals surface area contributed by atoms with E-state index in [1.54, 1.807) is 12.0 Å². The molecule has 2 N–H and O–H groups in total. The number of carboxylic acid groups (broad SMARTS) is 1. The molecule has 0 saturated heterocycles. The molecule has 0 aliphatic heterocycles. The monoisotopic (exact) mass is 182 g/mol. The predicted molar refractivity (Wildman–Crippen MR) is 48.5 cm³/mol. The number of carbonyl (C=O) groups is 1. The van der Waals surface area contributed by atoms with Gasteiger partial charge in [0.25, 0.3) is 0 Å². The Morgan fingerprint density at radius 3 is 1.64 bits per heavy atom. The molecule has 0 aromatic heterocycles. The molecule has 0 amide bonds. The summed E-state index contributed by atoms with van der Waals surface area (Å²) in [5.41, 5.74) is 0. The second-order valence-corrected chi connectivity index (χ2v) is 1.54. The van der Waals surface area contributed by atoms with Crippen molar-refractivity contribution in [3.63, 3.8) is 0 Å². The summed E-state index contributed by atoms with van der Waals surface area (Å²) in [7, 11) is 0. The molecule has 0 bridgehead atoms. The Balaban J connectivity index is 4.19. The minimum absolute atomic E-state index is 1.25. The molecule has 0 aromatic rings. The molecule has 0 unspecified atom stereocenters. The number of carboxylic acids is 1. The van der Waals surface area contributed by atoms with Gasteiger partial charge in [0.1, 0.15) is 6.11 Å². The molecule has 0 fully saturated rings. The molecule has 0 aliphatic carbocycles. The van der Waals surface area contributed by atoms with Crippen LogP contribution in [0.4, 0.5) is 0 Å². The summed E-state index contributed by atoms with van der Waals surface area (Å²) in [6, 6.07) is 0. The Labute approximate surface area is 81.1 Å². The van der Waals surface area contributed by atoms with E-state index in [0.29, 0.717) is 0 Å². The van der Waals surface area contributed by atoms with Gasteiger partial charge in [-0.05, 0) is 23.7 Å². The van der Waals surface area contributed by atoms with E-state index in [-0.39, 0.29) is 0 Å². The van der Waals surface area contributed by atoms with E-state index in [0.717, 1.165) is 0 Å². The first kappa shape index (κ1) is 11.1. The number of aliphatic hydroxyl groups excluding tert-OH is 1. The van der Waals surface area contributed by atoms with Crippen LogP contribution in [-0.4, -0.2) is 16.2 Å². The van der Waals surface area contributed by atoms with Gasteiger partial charge in [-0.2, -0.15) is 0 Å². The molecule has 3 heteroatoms. The van der Waals surface area contributed by atoms with Crippen LogP contribution >= 0.6 is 0 Å². The average molecular weight is 182 g/mol. The molecular weight excluding hydrogens is 180 g/mol. The van der Waals surface area contributed by atoms with E-state index >= 15 is 0 Å². The van der Waals surface area contributed by atoms with E-state index in [1.807, 2.05) is 0 Å². The van der Waals surface area contributed by atoms with Crippen molar-refractivity contribution in [2.45, 2.75) is 0 Å². The van der Waals surface area contributed by atoms with Crippen LogP contribution in [0.5, 0.6) is 0 Å². The molecule has 3 nitrogen and oxygen atoms in total. The topological polar surface area (TPSA) is 57.5 Å². The molecular formula is C11H2O3. The van der Waals surface area contributed by atoms with Gasteiger partial charge >= 0.3 is 5.97 Å². The van der Waals surface area contributed by atoms with Crippen LogP contribution < -0.4 is 0 Å². The van der Waals surface area contributed by atoms with E-state index in [4.69, 9.17) is 10.2 Å². The fourth-order valence-corrected chi connectivity index (χ4v) is 0.300. The predicted octanol–water partition coefficient (Wildman–Crippen LogP) is -0.582. The van der Waals surface area contributed by atoms with Crippen molar-refractivity contribution in [1.82, 2.24) is 0 Å². The van der Waals surface area contributed by atoms with Gasteiger partial charge in [-0.25, -0.2) is 4.79 Å². The molecule has 64 valence electrons. The van der Waals surface area contributed by atoms with Crippen molar-refractivity contribution in [3.05, 3.63) is 0 Å². The number of rotatable bonds is 0. The third-order valence-corrected chi connectivity index (χ3v) is 0.663.